The fourth-order valence-corrected chi connectivity index (χ4v) is 2.42. The van der Waals surface area contributed by atoms with Crippen LogP contribution in [0.15, 0.2) is 30.3 Å². The molecule has 1 aliphatic heterocycles. The first-order chi connectivity index (χ1) is 6.21. The predicted octanol–water partition coefficient (Wildman–Crippen LogP) is 2.36. The first kappa shape index (κ1) is 8.63. The van der Waals surface area contributed by atoms with Crippen LogP contribution in [-0.4, -0.2) is 11.0 Å². The first-order valence-corrected chi connectivity index (χ1v) is 5.20. The van der Waals surface area contributed by atoms with Gasteiger partial charge in [0.2, 0.25) is 0 Å². The van der Waals surface area contributed by atoms with E-state index in [1.54, 1.807) is 0 Å². The third-order valence-electron chi connectivity index (χ3n) is 2.28. The summed E-state index contributed by atoms with van der Waals surface area (Å²) < 4.78 is 0. The van der Waals surface area contributed by atoms with Crippen LogP contribution in [0.25, 0.3) is 0 Å². The van der Waals surface area contributed by atoms with Crippen LogP contribution in [0.2, 0.25) is 0 Å². The van der Waals surface area contributed by atoms with E-state index in [1.165, 1.54) is 17.3 Å². The number of carbonyl (C=O) groups is 1. The lowest BCUT2D eigenvalue weighted by Gasteiger charge is -2.23. The smallest absolute Gasteiger partial charge is 0.279 e. The van der Waals surface area contributed by atoms with Gasteiger partial charge in [0.1, 0.15) is 0 Å². The molecule has 13 heavy (non-hydrogen) atoms. The predicted molar refractivity (Wildman–Crippen MR) is 54.8 cm³/mol. The first-order valence-electron chi connectivity index (χ1n) is 4.21. The van der Waals surface area contributed by atoms with E-state index in [0.717, 1.165) is 5.75 Å². The number of amides is 1. The summed E-state index contributed by atoms with van der Waals surface area (Å²) in [6.45, 7) is 2.06. The van der Waals surface area contributed by atoms with E-state index in [-0.39, 0.29) is 10.8 Å². The summed E-state index contributed by atoms with van der Waals surface area (Å²) in [5.41, 5.74) is 0.997. The molecule has 1 unspecified atom stereocenters. The second kappa shape index (κ2) is 3.07. The Hall–Kier alpha value is -0.960. The Morgan fingerprint density at radius 3 is 2.62 bits per heavy atom. The Kier molecular flexibility index (Phi) is 2.04. The maximum atomic E-state index is 11.1. The van der Waals surface area contributed by atoms with Gasteiger partial charge in [-0.2, -0.15) is 0 Å². The number of carbonyl (C=O) groups excluding carboxylic acids is 1. The van der Waals surface area contributed by atoms with Crippen LogP contribution in [0, 0.1) is 0 Å². The minimum Gasteiger partial charge on any atom is -0.337 e. The van der Waals surface area contributed by atoms with Gasteiger partial charge in [0.25, 0.3) is 5.24 Å². The third kappa shape index (κ3) is 1.56. The summed E-state index contributed by atoms with van der Waals surface area (Å²) in [7, 11) is 0. The molecule has 0 saturated carbocycles. The van der Waals surface area contributed by atoms with Crippen molar-refractivity contribution in [2.24, 2.45) is 0 Å². The Morgan fingerprint density at radius 2 is 2.08 bits per heavy atom. The van der Waals surface area contributed by atoms with Crippen molar-refractivity contribution in [2.75, 3.05) is 5.75 Å². The molecule has 0 spiro atoms. The Bertz CT molecular complexity index is 325. The normalized spacial score (nSPS) is 27.3. The van der Waals surface area contributed by atoms with Gasteiger partial charge < -0.3 is 5.32 Å². The molecular formula is C10H11NOS. The van der Waals surface area contributed by atoms with Crippen LogP contribution in [0.3, 0.4) is 0 Å². The lowest BCUT2D eigenvalue weighted by molar-refractivity contribution is 0.255. The molecule has 68 valence electrons. The largest absolute Gasteiger partial charge is 0.337 e. The van der Waals surface area contributed by atoms with Crippen molar-refractivity contribution in [3.05, 3.63) is 35.9 Å². The van der Waals surface area contributed by atoms with E-state index in [9.17, 15) is 4.79 Å². The van der Waals surface area contributed by atoms with Gasteiger partial charge in [0, 0.05) is 5.75 Å². The quantitative estimate of drug-likeness (QED) is 0.741. The maximum Gasteiger partial charge on any atom is 0.279 e. The minimum absolute atomic E-state index is 0.0753. The van der Waals surface area contributed by atoms with E-state index in [4.69, 9.17) is 0 Å². The second-order valence-corrected chi connectivity index (χ2v) is 4.35. The molecule has 1 saturated heterocycles. The van der Waals surface area contributed by atoms with Crippen LogP contribution in [0.5, 0.6) is 0 Å². The van der Waals surface area contributed by atoms with Crippen molar-refractivity contribution >= 4 is 17.0 Å². The van der Waals surface area contributed by atoms with Crippen LogP contribution in [0.4, 0.5) is 4.79 Å². The van der Waals surface area contributed by atoms with Crippen LogP contribution in [0.1, 0.15) is 12.5 Å². The average Bonchev–Trinajstić information content (AvgIpc) is 2.49. The van der Waals surface area contributed by atoms with E-state index in [1.807, 2.05) is 30.3 Å². The molecule has 1 aromatic rings. The van der Waals surface area contributed by atoms with Crippen LogP contribution in [-0.2, 0) is 5.54 Å². The number of thioether (sulfide) groups is 1. The summed E-state index contributed by atoms with van der Waals surface area (Å²) in [6.07, 6.45) is 0. The van der Waals surface area contributed by atoms with Crippen molar-refractivity contribution in [1.29, 1.82) is 0 Å². The van der Waals surface area contributed by atoms with Crippen molar-refractivity contribution in [2.45, 2.75) is 12.5 Å². The number of rotatable bonds is 1. The highest BCUT2D eigenvalue weighted by Gasteiger charge is 2.34. The summed E-state index contributed by atoms with van der Waals surface area (Å²) in [6, 6.07) is 10.1. The Balaban J connectivity index is 2.31. The van der Waals surface area contributed by atoms with Gasteiger partial charge in [-0.05, 0) is 12.5 Å². The van der Waals surface area contributed by atoms with Crippen molar-refractivity contribution in [3.63, 3.8) is 0 Å². The highest BCUT2D eigenvalue weighted by atomic mass is 32.2. The molecule has 1 amide bonds. The number of hydrogen-bond donors (Lipinski definition) is 1. The molecule has 1 aromatic carbocycles. The molecule has 0 aliphatic carbocycles. The van der Waals surface area contributed by atoms with Gasteiger partial charge in [-0.25, -0.2) is 0 Å². The van der Waals surface area contributed by atoms with Crippen molar-refractivity contribution in [1.82, 2.24) is 5.32 Å². The number of benzene rings is 1. The van der Waals surface area contributed by atoms with Crippen molar-refractivity contribution < 1.29 is 4.79 Å². The van der Waals surface area contributed by atoms with Gasteiger partial charge in [-0.3, -0.25) is 4.79 Å². The van der Waals surface area contributed by atoms with E-state index in [2.05, 4.69) is 12.2 Å². The molecule has 1 aliphatic rings. The SMILES string of the molecule is CC1(c2ccccc2)CSC(=O)N1. The zero-order valence-corrected chi connectivity index (χ0v) is 8.23. The molecule has 0 radical (unpaired) electrons. The zero-order chi connectivity index (χ0) is 9.31. The number of nitrogens with one attached hydrogen (secondary N) is 1. The van der Waals surface area contributed by atoms with Crippen molar-refractivity contribution in [3.8, 4) is 0 Å². The zero-order valence-electron chi connectivity index (χ0n) is 7.41. The van der Waals surface area contributed by atoms with E-state index < -0.39 is 0 Å². The van der Waals surface area contributed by atoms with Gasteiger partial charge >= 0.3 is 0 Å². The van der Waals surface area contributed by atoms with Gasteiger partial charge in [-0.1, -0.05) is 42.1 Å². The molecule has 2 rings (SSSR count). The molecule has 0 aromatic heterocycles. The molecule has 1 atom stereocenters. The summed E-state index contributed by atoms with van der Waals surface area (Å²) >= 11 is 1.35. The fourth-order valence-electron chi connectivity index (χ4n) is 1.47. The standard InChI is InChI=1S/C10H11NOS/c1-10(7-13-9(12)11-10)8-5-3-2-4-6-8/h2-6H,7H2,1H3,(H,11,12). The monoisotopic (exact) mass is 193 g/mol. The van der Waals surface area contributed by atoms with Gasteiger partial charge in [-0.15, -0.1) is 0 Å². The van der Waals surface area contributed by atoms with E-state index >= 15 is 0 Å². The van der Waals surface area contributed by atoms with Crippen LogP contribution >= 0.6 is 11.8 Å². The summed E-state index contributed by atoms with van der Waals surface area (Å²) in [5.74, 6) is 0.815. The Morgan fingerprint density at radius 1 is 1.38 bits per heavy atom. The van der Waals surface area contributed by atoms with E-state index in [0.29, 0.717) is 0 Å². The lowest BCUT2D eigenvalue weighted by atomic mass is 9.95. The summed E-state index contributed by atoms with van der Waals surface area (Å²) in [5, 5.41) is 3.05. The topological polar surface area (TPSA) is 29.1 Å². The molecule has 1 fully saturated rings. The minimum atomic E-state index is -0.178. The van der Waals surface area contributed by atoms with Crippen LogP contribution < -0.4 is 5.32 Å². The maximum absolute atomic E-state index is 11.1. The third-order valence-corrected chi connectivity index (χ3v) is 3.37. The van der Waals surface area contributed by atoms with Gasteiger partial charge in [0.15, 0.2) is 0 Å². The number of hydrogen-bond acceptors (Lipinski definition) is 2. The highest BCUT2D eigenvalue weighted by molar-refractivity contribution is 8.14. The Labute approximate surface area is 81.7 Å². The molecule has 1 N–H and O–H groups in total. The lowest BCUT2D eigenvalue weighted by Crippen LogP contribution is -2.37. The molecule has 3 heteroatoms. The average molecular weight is 193 g/mol. The molecule has 0 bridgehead atoms. The summed E-state index contributed by atoms with van der Waals surface area (Å²) in [4.78, 5) is 11.1. The second-order valence-electron chi connectivity index (χ2n) is 3.40. The fraction of sp³-hybridized carbons (Fsp3) is 0.300. The highest BCUT2D eigenvalue weighted by Crippen LogP contribution is 2.31. The molecule has 2 nitrogen and oxygen atoms in total. The molecule has 1 heterocycles. The molecular weight excluding hydrogens is 182 g/mol. The van der Waals surface area contributed by atoms with Gasteiger partial charge in [0.05, 0.1) is 5.54 Å².